The number of nitrogens with zero attached hydrogens (tertiary/aromatic N) is 1. The lowest BCUT2D eigenvalue weighted by Gasteiger charge is -2.32. The number of H-pyrrole nitrogens is 1. The molecule has 0 spiro atoms. The molecule has 2 heterocycles. The molecule has 22 heavy (non-hydrogen) atoms. The van der Waals surface area contributed by atoms with Crippen molar-refractivity contribution in [2.75, 3.05) is 13.2 Å². The van der Waals surface area contributed by atoms with Gasteiger partial charge in [0.25, 0.3) is 0 Å². The maximum absolute atomic E-state index is 13.2. The minimum Gasteiger partial charge on any atom is -0.381 e. The van der Waals surface area contributed by atoms with Crippen molar-refractivity contribution in [2.24, 2.45) is 5.73 Å². The Labute approximate surface area is 125 Å². The number of fused-ring (bicyclic) bond motifs is 1. The van der Waals surface area contributed by atoms with E-state index in [4.69, 9.17) is 10.5 Å². The SMILES string of the molecule is Cc1cc(C(F)(F)F)c2[nH]c(CC3(N)CCOCC3)nc2c1. The van der Waals surface area contributed by atoms with Crippen molar-refractivity contribution in [3.05, 3.63) is 29.1 Å². The summed E-state index contributed by atoms with van der Waals surface area (Å²) in [5, 5.41) is 0. The van der Waals surface area contributed by atoms with E-state index in [0.29, 0.717) is 49.4 Å². The maximum atomic E-state index is 13.2. The topological polar surface area (TPSA) is 63.9 Å². The van der Waals surface area contributed by atoms with E-state index in [2.05, 4.69) is 9.97 Å². The van der Waals surface area contributed by atoms with E-state index >= 15 is 0 Å². The van der Waals surface area contributed by atoms with E-state index in [9.17, 15) is 13.2 Å². The number of alkyl halides is 3. The monoisotopic (exact) mass is 313 g/mol. The summed E-state index contributed by atoms with van der Waals surface area (Å²) in [4.78, 5) is 7.13. The second kappa shape index (κ2) is 5.24. The number of nitrogens with one attached hydrogen (secondary N) is 1. The summed E-state index contributed by atoms with van der Waals surface area (Å²) >= 11 is 0. The van der Waals surface area contributed by atoms with Gasteiger partial charge < -0.3 is 15.5 Å². The molecule has 0 atom stereocenters. The second-order valence-corrected chi connectivity index (χ2v) is 6.04. The van der Waals surface area contributed by atoms with Gasteiger partial charge >= 0.3 is 6.18 Å². The maximum Gasteiger partial charge on any atom is 0.418 e. The van der Waals surface area contributed by atoms with Gasteiger partial charge in [-0.15, -0.1) is 0 Å². The Balaban J connectivity index is 1.99. The molecule has 3 N–H and O–H groups in total. The van der Waals surface area contributed by atoms with Gasteiger partial charge in [0.05, 0.1) is 16.6 Å². The zero-order valence-electron chi connectivity index (χ0n) is 12.3. The average molecular weight is 313 g/mol. The van der Waals surface area contributed by atoms with Gasteiger partial charge in [-0.3, -0.25) is 0 Å². The highest BCUT2D eigenvalue weighted by Crippen LogP contribution is 2.35. The Bertz CT molecular complexity index is 687. The predicted molar refractivity (Wildman–Crippen MR) is 76.5 cm³/mol. The van der Waals surface area contributed by atoms with Gasteiger partial charge in [-0.05, 0) is 37.5 Å². The Hall–Kier alpha value is -1.60. The molecule has 0 radical (unpaired) electrons. The first kappa shape index (κ1) is 15.3. The van der Waals surface area contributed by atoms with Crippen molar-refractivity contribution in [3.63, 3.8) is 0 Å². The first-order chi connectivity index (χ1) is 10.3. The van der Waals surface area contributed by atoms with Gasteiger partial charge in [0.2, 0.25) is 0 Å². The van der Waals surface area contributed by atoms with Crippen LogP contribution in [0.4, 0.5) is 13.2 Å². The Morgan fingerprint density at radius 2 is 2.00 bits per heavy atom. The lowest BCUT2D eigenvalue weighted by Crippen LogP contribution is -2.47. The second-order valence-electron chi connectivity index (χ2n) is 6.04. The minimum absolute atomic E-state index is 0.0313. The summed E-state index contributed by atoms with van der Waals surface area (Å²) in [5.41, 5.74) is 6.05. The fourth-order valence-electron chi connectivity index (χ4n) is 2.90. The molecule has 1 fully saturated rings. The minimum atomic E-state index is -4.41. The van der Waals surface area contributed by atoms with Crippen molar-refractivity contribution in [1.82, 2.24) is 9.97 Å². The molecule has 0 saturated carbocycles. The molecule has 1 aromatic carbocycles. The molecule has 3 rings (SSSR count). The van der Waals surface area contributed by atoms with Crippen LogP contribution in [0.5, 0.6) is 0 Å². The molecule has 0 aliphatic carbocycles. The summed E-state index contributed by atoms with van der Waals surface area (Å²) in [7, 11) is 0. The number of hydrogen-bond donors (Lipinski definition) is 2. The third kappa shape index (κ3) is 2.96. The van der Waals surface area contributed by atoms with Crippen LogP contribution in [0.25, 0.3) is 11.0 Å². The van der Waals surface area contributed by atoms with Crippen molar-refractivity contribution in [3.8, 4) is 0 Å². The van der Waals surface area contributed by atoms with Gasteiger partial charge in [0.1, 0.15) is 5.82 Å². The summed E-state index contributed by atoms with van der Waals surface area (Å²) in [6.07, 6.45) is -2.64. The first-order valence-corrected chi connectivity index (χ1v) is 7.20. The van der Waals surface area contributed by atoms with E-state index in [1.54, 1.807) is 13.0 Å². The Morgan fingerprint density at radius 3 is 2.64 bits per heavy atom. The van der Waals surface area contributed by atoms with Crippen molar-refractivity contribution in [2.45, 2.75) is 37.9 Å². The van der Waals surface area contributed by atoms with Gasteiger partial charge in [-0.1, -0.05) is 0 Å². The van der Waals surface area contributed by atoms with Crippen molar-refractivity contribution >= 4 is 11.0 Å². The molecular formula is C15H18F3N3O. The third-order valence-electron chi connectivity index (χ3n) is 4.10. The summed E-state index contributed by atoms with van der Waals surface area (Å²) in [5.74, 6) is 0.496. The van der Waals surface area contributed by atoms with E-state index in [1.807, 2.05) is 0 Å². The van der Waals surface area contributed by atoms with E-state index in [1.165, 1.54) is 0 Å². The number of aromatic nitrogens is 2. The van der Waals surface area contributed by atoms with Crippen LogP contribution in [0, 0.1) is 6.92 Å². The van der Waals surface area contributed by atoms with Crippen molar-refractivity contribution < 1.29 is 17.9 Å². The van der Waals surface area contributed by atoms with E-state index < -0.39 is 17.3 Å². The number of hydrogen-bond acceptors (Lipinski definition) is 3. The zero-order chi connectivity index (χ0) is 16.0. The molecule has 4 nitrogen and oxygen atoms in total. The first-order valence-electron chi connectivity index (χ1n) is 7.20. The lowest BCUT2D eigenvalue weighted by atomic mass is 9.88. The number of imidazole rings is 1. The standard InChI is InChI=1S/C15H18F3N3O/c1-9-6-10(15(16,17)18)13-11(7-9)20-12(21-13)8-14(19)2-4-22-5-3-14/h6-7H,2-5,8,19H2,1H3,(H,20,21). The van der Waals surface area contributed by atoms with Gasteiger partial charge in [0.15, 0.2) is 0 Å². The van der Waals surface area contributed by atoms with Crippen LogP contribution < -0.4 is 5.73 Å². The van der Waals surface area contributed by atoms with Crippen LogP contribution in [0.3, 0.4) is 0 Å². The molecule has 2 aromatic rings. The molecule has 0 bridgehead atoms. The third-order valence-corrected chi connectivity index (χ3v) is 4.10. The summed E-state index contributed by atoms with van der Waals surface area (Å²) in [6.45, 7) is 2.78. The number of halogens is 3. The molecule has 0 unspecified atom stereocenters. The number of ether oxygens (including phenoxy) is 1. The molecule has 120 valence electrons. The highest BCUT2D eigenvalue weighted by molar-refractivity contribution is 5.80. The fourth-order valence-corrected chi connectivity index (χ4v) is 2.90. The van der Waals surface area contributed by atoms with Gasteiger partial charge in [-0.2, -0.15) is 13.2 Å². The molecular weight excluding hydrogens is 295 g/mol. The highest BCUT2D eigenvalue weighted by atomic mass is 19.4. The lowest BCUT2D eigenvalue weighted by molar-refractivity contribution is -0.136. The number of aryl methyl sites for hydroxylation is 1. The van der Waals surface area contributed by atoms with Crippen molar-refractivity contribution in [1.29, 1.82) is 0 Å². The van der Waals surface area contributed by atoms with Crippen LogP contribution in [0.2, 0.25) is 0 Å². The molecule has 0 amide bonds. The number of aromatic amines is 1. The highest BCUT2D eigenvalue weighted by Gasteiger charge is 2.35. The van der Waals surface area contributed by atoms with Crippen LogP contribution in [0.15, 0.2) is 12.1 Å². The normalized spacial score (nSPS) is 18.8. The largest absolute Gasteiger partial charge is 0.418 e. The Morgan fingerprint density at radius 1 is 1.32 bits per heavy atom. The average Bonchev–Trinajstić information content (AvgIpc) is 2.78. The van der Waals surface area contributed by atoms with Crippen LogP contribution in [-0.4, -0.2) is 28.7 Å². The van der Waals surface area contributed by atoms with Crippen LogP contribution >= 0.6 is 0 Å². The van der Waals surface area contributed by atoms with Crippen LogP contribution in [-0.2, 0) is 17.3 Å². The quantitative estimate of drug-likeness (QED) is 0.896. The molecule has 7 heteroatoms. The zero-order valence-corrected chi connectivity index (χ0v) is 12.3. The van der Waals surface area contributed by atoms with E-state index in [-0.39, 0.29) is 5.52 Å². The molecule has 1 aromatic heterocycles. The predicted octanol–water partition coefficient (Wildman–Crippen LogP) is 2.94. The molecule has 1 saturated heterocycles. The van der Waals surface area contributed by atoms with E-state index in [0.717, 1.165) is 6.07 Å². The van der Waals surface area contributed by atoms with Gasteiger partial charge in [0, 0.05) is 25.2 Å². The summed E-state index contributed by atoms with van der Waals surface area (Å²) in [6, 6.07) is 2.79. The molecule has 1 aliphatic rings. The summed E-state index contributed by atoms with van der Waals surface area (Å²) < 4.78 is 44.7. The fraction of sp³-hybridized carbons (Fsp3) is 0.533. The number of benzene rings is 1. The molecule has 1 aliphatic heterocycles. The number of nitrogens with two attached hydrogens (primary N) is 1. The Kier molecular flexibility index (Phi) is 3.65. The number of rotatable bonds is 2. The van der Waals surface area contributed by atoms with Gasteiger partial charge in [-0.25, -0.2) is 4.98 Å². The smallest absolute Gasteiger partial charge is 0.381 e. The van der Waals surface area contributed by atoms with Crippen LogP contribution in [0.1, 0.15) is 29.8 Å².